The largest absolute Gasteiger partial charge is 0.484 e. The van der Waals surface area contributed by atoms with Crippen LogP contribution in [0.1, 0.15) is 49.3 Å². The van der Waals surface area contributed by atoms with Gasteiger partial charge >= 0.3 is 5.97 Å². The smallest absolute Gasteiger partial charge is 0.303 e. The zero-order chi connectivity index (χ0) is 24.5. The lowest BCUT2D eigenvalue weighted by Crippen LogP contribution is -2.16. The molecule has 3 N–H and O–H groups in total. The van der Waals surface area contributed by atoms with Crippen molar-refractivity contribution in [3.8, 4) is 11.1 Å². The standard InChI is InChI=1S/C31H30N2O3/c34-30(35)16-20-6-8-21(9-7-20)22-10-12-23(13-11-22)24-14-15-27-25(17-24)18-28(33-27)31(29-19-36-29)32-26-4-2-1-3-5-26/h1-5,10-15,17-18,20-21,32-33H,6-9,16,19H2,(H,34,35)/b31-29-. The molecule has 5 heteroatoms. The van der Waals surface area contributed by atoms with Gasteiger partial charge in [0.25, 0.3) is 0 Å². The zero-order valence-corrected chi connectivity index (χ0v) is 20.2. The van der Waals surface area contributed by atoms with Crippen LogP contribution in [0.15, 0.2) is 84.6 Å². The summed E-state index contributed by atoms with van der Waals surface area (Å²) in [6.45, 7) is 0.656. The molecule has 2 fully saturated rings. The third kappa shape index (κ3) is 4.87. The van der Waals surface area contributed by atoms with Gasteiger partial charge in [0.15, 0.2) is 5.76 Å². The molecule has 182 valence electrons. The van der Waals surface area contributed by atoms with E-state index in [2.05, 4.69) is 71.0 Å². The molecule has 2 aliphatic rings. The van der Waals surface area contributed by atoms with Crippen LogP contribution in [0.25, 0.3) is 27.7 Å². The highest BCUT2D eigenvalue weighted by Gasteiger charge is 2.25. The Labute approximate surface area is 210 Å². The molecule has 0 bridgehead atoms. The fraction of sp³-hybridized carbons (Fsp3) is 0.258. The number of para-hydroxylation sites is 1. The van der Waals surface area contributed by atoms with E-state index in [1.54, 1.807) is 0 Å². The lowest BCUT2D eigenvalue weighted by molar-refractivity contribution is -0.138. The average molecular weight is 479 g/mol. The number of hydrogen-bond acceptors (Lipinski definition) is 3. The Balaban J connectivity index is 1.19. The van der Waals surface area contributed by atoms with Crippen molar-refractivity contribution in [2.45, 2.75) is 38.0 Å². The Morgan fingerprint density at radius 3 is 2.33 bits per heavy atom. The van der Waals surface area contributed by atoms with E-state index >= 15 is 0 Å². The molecule has 1 aliphatic carbocycles. The van der Waals surface area contributed by atoms with Gasteiger partial charge in [-0.05, 0) is 84.5 Å². The van der Waals surface area contributed by atoms with Crippen LogP contribution in [0, 0.1) is 5.92 Å². The van der Waals surface area contributed by atoms with E-state index in [-0.39, 0.29) is 0 Å². The summed E-state index contributed by atoms with van der Waals surface area (Å²) in [5.74, 6) is 1.17. The van der Waals surface area contributed by atoms with Crippen molar-refractivity contribution in [2.75, 3.05) is 11.9 Å². The second-order valence-corrected chi connectivity index (χ2v) is 10.0. The summed E-state index contributed by atoms with van der Waals surface area (Å²) < 4.78 is 5.54. The molecule has 1 saturated heterocycles. The molecule has 4 aromatic rings. The number of nitrogens with one attached hydrogen (secondary N) is 2. The van der Waals surface area contributed by atoms with Gasteiger partial charge < -0.3 is 20.1 Å². The number of epoxide rings is 1. The number of ether oxygens (including phenoxy) is 1. The van der Waals surface area contributed by atoms with Gasteiger partial charge in [-0.3, -0.25) is 4.79 Å². The quantitative estimate of drug-likeness (QED) is 0.242. The van der Waals surface area contributed by atoms with Gasteiger partial charge in [0, 0.05) is 23.0 Å². The third-order valence-corrected chi connectivity index (χ3v) is 7.53. The number of aliphatic carboxylic acids is 1. The lowest BCUT2D eigenvalue weighted by Gasteiger charge is -2.28. The molecule has 1 aromatic heterocycles. The number of hydrogen-bond donors (Lipinski definition) is 3. The Kier molecular flexibility index (Phi) is 5.98. The fourth-order valence-corrected chi connectivity index (χ4v) is 5.47. The Morgan fingerprint density at radius 1 is 0.917 bits per heavy atom. The summed E-state index contributed by atoms with van der Waals surface area (Å²) in [5, 5.41) is 13.7. The first-order chi connectivity index (χ1) is 17.6. The topological polar surface area (TPSA) is 77.6 Å². The SMILES string of the molecule is O=C(O)CC1CCC(c2ccc(-c3ccc4[nH]c(/C(Nc5ccccc5)=C5\CO5)cc4c3)cc2)CC1. The van der Waals surface area contributed by atoms with E-state index < -0.39 is 5.97 Å². The van der Waals surface area contributed by atoms with E-state index in [4.69, 9.17) is 9.84 Å². The van der Waals surface area contributed by atoms with Crippen molar-refractivity contribution in [1.82, 2.24) is 4.98 Å². The number of fused-ring (bicyclic) bond motifs is 1. The van der Waals surface area contributed by atoms with Gasteiger partial charge in [-0.1, -0.05) is 48.5 Å². The number of benzene rings is 3. The first kappa shape index (κ1) is 22.5. The van der Waals surface area contributed by atoms with E-state index in [0.29, 0.717) is 24.9 Å². The molecule has 6 rings (SSSR count). The number of anilines is 1. The van der Waals surface area contributed by atoms with Crippen LogP contribution in [-0.2, 0) is 9.53 Å². The summed E-state index contributed by atoms with van der Waals surface area (Å²) in [4.78, 5) is 14.5. The summed E-state index contributed by atoms with van der Waals surface area (Å²) in [6.07, 6.45) is 4.48. The number of carboxylic acid groups (broad SMARTS) is 1. The minimum absolute atomic E-state index is 0.308. The summed E-state index contributed by atoms with van der Waals surface area (Å²) in [5.41, 5.74) is 7.90. The molecular formula is C31H30N2O3. The molecule has 0 unspecified atom stereocenters. The van der Waals surface area contributed by atoms with Gasteiger partial charge in [0.05, 0.1) is 5.69 Å². The molecule has 1 saturated carbocycles. The van der Waals surface area contributed by atoms with Crippen LogP contribution in [0.2, 0.25) is 0 Å². The maximum Gasteiger partial charge on any atom is 0.303 e. The first-order valence-corrected chi connectivity index (χ1v) is 12.8. The second kappa shape index (κ2) is 9.57. The van der Waals surface area contributed by atoms with Crippen LogP contribution >= 0.6 is 0 Å². The van der Waals surface area contributed by atoms with E-state index in [1.807, 2.05) is 18.2 Å². The number of carbonyl (C=O) groups is 1. The number of rotatable bonds is 7. The Hall–Kier alpha value is -3.99. The van der Waals surface area contributed by atoms with Gasteiger partial charge in [-0.2, -0.15) is 0 Å². The van der Waals surface area contributed by atoms with E-state index in [9.17, 15) is 4.79 Å². The van der Waals surface area contributed by atoms with Gasteiger partial charge in [0.2, 0.25) is 0 Å². The molecule has 0 atom stereocenters. The monoisotopic (exact) mass is 478 g/mol. The molecule has 2 heterocycles. The number of aromatic amines is 1. The van der Waals surface area contributed by atoms with Crippen LogP contribution in [0.3, 0.4) is 0 Å². The summed E-state index contributed by atoms with van der Waals surface area (Å²) >= 11 is 0. The van der Waals surface area contributed by atoms with Crippen LogP contribution in [0.4, 0.5) is 5.69 Å². The predicted octanol–water partition coefficient (Wildman–Crippen LogP) is 7.39. The molecule has 1 aliphatic heterocycles. The van der Waals surface area contributed by atoms with Crippen molar-refractivity contribution >= 4 is 28.3 Å². The minimum atomic E-state index is -0.671. The second-order valence-electron chi connectivity index (χ2n) is 10.0. The highest BCUT2D eigenvalue weighted by molar-refractivity contribution is 5.91. The van der Waals surface area contributed by atoms with E-state index in [0.717, 1.165) is 59.4 Å². The van der Waals surface area contributed by atoms with E-state index in [1.165, 1.54) is 16.7 Å². The fourth-order valence-electron chi connectivity index (χ4n) is 5.47. The summed E-state index contributed by atoms with van der Waals surface area (Å²) in [7, 11) is 0. The van der Waals surface area contributed by atoms with Crippen molar-refractivity contribution in [3.63, 3.8) is 0 Å². The predicted molar refractivity (Wildman–Crippen MR) is 144 cm³/mol. The van der Waals surface area contributed by atoms with Crippen LogP contribution in [-0.4, -0.2) is 22.7 Å². The van der Waals surface area contributed by atoms with Crippen molar-refractivity contribution < 1.29 is 14.6 Å². The van der Waals surface area contributed by atoms with Crippen molar-refractivity contribution in [1.29, 1.82) is 0 Å². The lowest BCUT2D eigenvalue weighted by atomic mass is 9.77. The van der Waals surface area contributed by atoms with Crippen molar-refractivity contribution in [3.05, 3.63) is 95.9 Å². The van der Waals surface area contributed by atoms with Gasteiger partial charge in [-0.25, -0.2) is 0 Å². The molecular weight excluding hydrogens is 448 g/mol. The molecule has 5 nitrogen and oxygen atoms in total. The minimum Gasteiger partial charge on any atom is -0.484 e. The Bertz CT molecular complexity index is 1410. The van der Waals surface area contributed by atoms with Crippen LogP contribution < -0.4 is 5.32 Å². The normalized spacial score (nSPS) is 20.6. The number of carboxylic acids is 1. The first-order valence-electron chi connectivity index (χ1n) is 12.8. The molecule has 3 aromatic carbocycles. The zero-order valence-electron chi connectivity index (χ0n) is 20.2. The maximum absolute atomic E-state index is 11.0. The molecule has 0 spiro atoms. The third-order valence-electron chi connectivity index (χ3n) is 7.53. The van der Waals surface area contributed by atoms with Gasteiger partial charge in [-0.15, -0.1) is 0 Å². The number of aromatic nitrogens is 1. The highest BCUT2D eigenvalue weighted by atomic mass is 16.6. The molecule has 36 heavy (non-hydrogen) atoms. The highest BCUT2D eigenvalue weighted by Crippen LogP contribution is 2.38. The average Bonchev–Trinajstić information content (AvgIpc) is 3.66. The molecule has 0 amide bonds. The maximum atomic E-state index is 11.0. The summed E-state index contributed by atoms with van der Waals surface area (Å²) in [6, 6.07) is 27.8. The Morgan fingerprint density at radius 2 is 1.64 bits per heavy atom. The molecule has 0 radical (unpaired) electrons. The van der Waals surface area contributed by atoms with Crippen molar-refractivity contribution in [2.24, 2.45) is 5.92 Å². The number of H-pyrrole nitrogens is 1. The van der Waals surface area contributed by atoms with Gasteiger partial charge in [0.1, 0.15) is 12.3 Å². The van der Waals surface area contributed by atoms with Crippen LogP contribution in [0.5, 0.6) is 0 Å².